The summed E-state index contributed by atoms with van der Waals surface area (Å²) in [7, 11) is 0. The molecule has 0 radical (unpaired) electrons. The molecule has 6 nitrogen and oxygen atoms in total. The summed E-state index contributed by atoms with van der Waals surface area (Å²) < 4.78 is 4.98. The maximum atomic E-state index is 12.3. The van der Waals surface area contributed by atoms with Crippen LogP contribution in [-0.2, 0) is 9.53 Å². The Morgan fingerprint density at radius 2 is 1.62 bits per heavy atom. The fourth-order valence-electron chi connectivity index (χ4n) is 3.12. The monoisotopic (exact) mass is 297 g/mol. The molecule has 2 amide bonds. The lowest BCUT2D eigenvalue weighted by Gasteiger charge is -2.35. The summed E-state index contributed by atoms with van der Waals surface area (Å²) in [6, 6.07) is 0.324. The summed E-state index contributed by atoms with van der Waals surface area (Å²) in [5.74, 6) is 0.708. The van der Waals surface area contributed by atoms with Gasteiger partial charge in [-0.15, -0.1) is 0 Å². The molecule has 0 spiro atoms. The SMILES string of the molecule is CCOC(=O)N1CCN(C(=O)CC2CCC(N)CC2)CC1. The van der Waals surface area contributed by atoms with E-state index < -0.39 is 0 Å². The molecule has 0 unspecified atom stereocenters. The lowest BCUT2D eigenvalue weighted by atomic mass is 9.84. The van der Waals surface area contributed by atoms with Crippen molar-refractivity contribution in [2.45, 2.75) is 45.1 Å². The van der Waals surface area contributed by atoms with E-state index in [0.29, 0.717) is 51.2 Å². The third kappa shape index (κ3) is 4.59. The zero-order valence-electron chi connectivity index (χ0n) is 12.9. The van der Waals surface area contributed by atoms with Gasteiger partial charge in [0.1, 0.15) is 0 Å². The van der Waals surface area contributed by atoms with Gasteiger partial charge in [-0.05, 0) is 38.5 Å². The van der Waals surface area contributed by atoms with Crippen LogP contribution in [-0.4, -0.2) is 60.6 Å². The van der Waals surface area contributed by atoms with Crippen LogP contribution in [0.5, 0.6) is 0 Å². The van der Waals surface area contributed by atoms with Crippen LogP contribution < -0.4 is 5.73 Å². The summed E-state index contributed by atoms with van der Waals surface area (Å²) in [5.41, 5.74) is 5.89. The summed E-state index contributed by atoms with van der Waals surface area (Å²) in [6.45, 7) is 4.56. The summed E-state index contributed by atoms with van der Waals surface area (Å²) in [6.07, 6.45) is 4.56. The van der Waals surface area contributed by atoms with Gasteiger partial charge in [0.15, 0.2) is 0 Å². The third-order valence-electron chi connectivity index (χ3n) is 4.51. The number of carbonyl (C=O) groups is 2. The van der Waals surface area contributed by atoms with Gasteiger partial charge in [0.2, 0.25) is 5.91 Å². The Kier molecular flexibility index (Phi) is 5.85. The van der Waals surface area contributed by atoms with E-state index in [1.807, 2.05) is 4.90 Å². The summed E-state index contributed by atoms with van der Waals surface area (Å²) in [5, 5.41) is 0. The van der Waals surface area contributed by atoms with Crippen molar-refractivity contribution in [1.82, 2.24) is 9.80 Å². The van der Waals surface area contributed by atoms with Crippen LogP contribution in [0.3, 0.4) is 0 Å². The minimum absolute atomic E-state index is 0.221. The van der Waals surface area contributed by atoms with Crippen molar-refractivity contribution in [3.05, 3.63) is 0 Å². The number of ether oxygens (including phenoxy) is 1. The van der Waals surface area contributed by atoms with Crippen molar-refractivity contribution in [2.24, 2.45) is 11.7 Å². The zero-order chi connectivity index (χ0) is 15.2. The fraction of sp³-hybridized carbons (Fsp3) is 0.867. The van der Waals surface area contributed by atoms with Crippen molar-refractivity contribution in [3.63, 3.8) is 0 Å². The normalized spacial score (nSPS) is 26.6. The van der Waals surface area contributed by atoms with Crippen molar-refractivity contribution < 1.29 is 14.3 Å². The average Bonchev–Trinajstić information content (AvgIpc) is 2.50. The maximum Gasteiger partial charge on any atom is 0.409 e. The standard InChI is InChI=1S/C15H27N3O3/c1-2-21-15(20)18-9-7-17(8-10-18)14(19)11-12-3-5-13(16)6-4-12/h12-13H,2-11,16H2,1H3. The molecule has 0 bridgehead atoms. The Balaban J connectivity index is 1.71. The first-order chi connectivity index (χ1) is 10.1. The molecular weight excluding hydrogens is 270 g/mol. The Morgan fingerprint density at radius 1 is 1.05 bits per heavy atom. The highest BCUT2D eigenvalue weighted by molar-refractivity contribution is 5.77. The first-order valence-corrected chi connectivity index (χ1v) is 8.05. The first-order valence-electron chi connectivity index (χ1n) is 8.05. The van der Waals surface area contributed by atoms with Crippen molar-refractivity contribution >= 4 is 12.0 Å². The van der Waals surface area contributed by atoms with Gasteiger partial charge in [-0.2, -0.15) is 0 Å². The molecule has 6 heteroatoms. The second-order valence-corrected chi connectivity index (χ2v) is 6.05. The highest BCUT2D eigenvalue weighted by Crippen LogP contribution is 2.26. The van der Waals surface area contributed by atoms with Crippen LogP contribution in [0.25, 0.3) is 0 Å². The van der Waals surface area contributed by atoms with E-state index in [9.17, 15) is 9.59 Å². The Morgan fingerprint density at radius 3 is 2.19 bits per heavy atom. The molecule has 21 heavy (non-hydrogen) atoms. The topological polar surface area (TPSA) is 75.9 Å². The maximum absolute atomic E-state index is 12.3. The zero-order valence-corrected chi connectivity index (χ0v) is 12.9. The van der Waals surface area contributed by atoms with Gasteiger partial charge >= 0.3 is 6.09 Å². The smallest absolute Gasteiger partial charge is 0.409 e. The fourth-order valence-corrected chi connectivity index (χ4v) is 3.12. The number of nitrogens with two attached hydrogens (primary N) is 1. The van der Waals surface area contributed by atoms with Crippen molar-refractivity contribution in [3.8, 4) is 0 Å². The van der Waals surface area contributed by atoms with Gasteiger partial charge in [-0.1, -0.05) is 0 Å². The Hall–Kier alpha value is -1.30. The van der Waals surface area contributed by atoms with Gasteiger partial charge in [0.05, 0.1) is 6.61 Å². The number of nitrogens with zero attached hydrogens (tertiary/aromatic N) is 2. The molecule has 2 fully saturated rings. The van der Waals surface area contributed by atoms with Crippen LogP contribution >= 0.6 is 0 Å². The first kappa shape index (κ1) is 16.1. The number of amides is 2. The number of piperazine rings is 1. The minimum atomic E-state index is -0.272. The average molecular weight is 297 g/mol. The number of carbonyl (C=O) groups excluding carboxylic acids is 2. The van der Waals surface area contributed by atoms with E-state index in [0.717, 1.165) is 25.7 Å². The van der Waals surface area contributed by atoms with Gasteiger partial charge < -0.3 is 20.3 Å². The lowest BCUT2D eigenvalue weighted by molar-refractivity contribution is -0.134. The molecule has 1 heterocycles. The molecule has 1 aliphatic heterocycles. The predicted molar refractivity (Wildman–Crippen MR) is 79.7 cm³/mol. The molecular formula is C15H27N3O3. The minimum Gasteiger partial charge on any atom is -0.450 e. The largest absolute Gasteiger partial charge is 0.450 e. The van der Waals surface area contributed by atoms with Crippen LogP contribution in [0.1, 0.15) is 39.0 Å². The highest BCUT2D eigenvalue weighted by atomic mass is 16.6. The predicted octanol–water partition coefficient (Wildman–Crippen LogP) is 1.19. The van der Waals surface area contributed by atoms with Gasteiger partial charge in [0, 0.05) is 38.6 Å². The Bertz CT molecular complexity index is 359. The molecule has 0 aromatic carbocycles. The molecule has 120 valence electrons. The third-order valence-corrected chi connectivity index (χ3v) is 4.51. The van der Waals surface area contributed by atoms with Gasteiger partial charge in [0.25, 0.3) is 0 Å². The van der Waals surface area contributed by atoms with Gasteiger partial charge in [-0.25, -0.2) is 4.79 Å². The van der Waals surface area contributed by atoms with E-state index in [-0.39, 0.29) is 12.0 Å². The molecule has 0 atom stereocenters. The van der Waals surface area contributed by atoms with E-state index >= 15 is 0 Å². The van der Waals surface area contributed by atoms with E-state index in [2.05, 4.69) is 0 Å². The van der Waals surface area contributed by atoms with Crippen LogP contribution in [0.15, 0.2) is 0 Å². The summed E-state index contributed by atoms with van der Waals surface area (Å²) in [4.78, 5) is 27.5. The molecule has 2 rings (SSSR count). The van der Waals surface area contributed by atoms with E-state index in [1.165, 1.54) is 0 Å². The Labute approximate surface area is 126 Å². The van der Waals surface area contributed by atoms with Crippen LogP contribution in [0.2, 0.25) is 0 Å². The van der Waals surface area contributed by atoms with E-state index in [1.54, 1.807) is 11.8 Å². The van der Waals surface area contributed by atoms with Crippen molar-refractivity contribution in [2.75, 3.05) is 32.8 Å². The quantitative estimate of drug-likeness (QED) is 0.849. The molecule has 2 N–H and O–H groups in total. The van der Waals surface area contributed by atoms with Crippen LogP contribution in [0.4, 0.5) is 4.79 Å². The molecule has 0 aromatic rings. The molecule has 1 aliphatic carbocycles. The van der Waals surface area contributed by atoms with Gasteiger partial charge in [-0.3, -0.25) is 4.79 Å². The molecule has 2 aliphatic rings. The van der Waals surface area contributed by atoms with Crippen LogP contribution in [0, 0.1) is 5.92 Å². The summed E-state index contributed by atoms with van der Waals surface area (Å²) >= 11 is 0. The molecule has 0 aromatic heterocycles. The number of hydrogen-bond acceptors (Lipinski definition) is 4. The van der Waals surface area contributed by atoms with Crippen molar-refractivity contribution in [1.29, 1.82) is 0 Å². The second-order valence-electron chi connectivity index (χ2n) is 6.05. The number of hydrogen-bond donors (Lipinski definition) is 1. The molecule has 1 saturated carbocycles. The number of rotatable bonds is 3. The second kappa shape index (κ2) is 7.64. The lowest BCUT2D eigenvalue weighted by Crippen LogP contribution is -2.51. The molecule has 1 saturated heterocycles. The highest BCUT2D eigenvalue weighted by Gasteiger charge is 2.27. The van der Waals surface area contributed by atoms with E-state index in [4.69, 9.17) is 10.5 Å².